The van der Waals surface area contributed by atoms with Crippen molar-refractivity contribution in [1.29, 1.82) is 0 Å². The van der Waals surface area contributed by atoms with Gasteiger partial charge in [-0.1, -0.05) is 0 Å². The van der Waals surface area contributed by atoms with Crippen molar-refractivity contribution in [3.05, 3.63) is 48.3 Å². The number of methoxy groups -OCH3 is 2. The van der Waals surface area contributed by atoms with E-state index >= 15 is 0 Å². The van der Waals surface area contributed by atoms with Gasteiger partial charge in [0, 0.05) is 43.2 Å². The summed E-state index contributed by atoms with van der Waals surface area (Å²) in [4.78, 5) is 16.4. The van der Waals surface area contributed by atoms with Gasteiger partial charge in [0.15, 0.2) is 0 Å². The number of aromatic nitrogens is 1. The van der Waals surface area contributed by atoms with Crippen LogP contribution in [-0.2, 0) is 10.0 Å². The maximum atomic E-state index is 13.2. The van der Waals surface area contributed by atoms with E-state index in [0.717, 1.165) is 6.42 Å². The molecule has 9 heteroatoms. The molecule has 1 aromatic heterocycles. The molecule has 0 radical (unpaired) electrons. The van der Waals surface area contributed by atoms with Crippen LogP contribution >= 0.6 is 0 Å². The zero-order valence-corrected chi connectivity index (χ0v) is 17.8. The van der Waals surface area contributed by atoms with Gasteiger partial charge in [0.2, 0.25) is 10.0 Å². The maximum absolute atomic E-state index is 13.2. The fraction of sp³-hybridized carbons (Fsp3) is 0.429. The van der Waals surface area contributed by atoms with Gasteiger partial charge in [0.25, 0.3) is 5.91 Å². The van der Waals surface area contributed by atoms with E-state index in [1.54, 1.807) is 36.7 Å². The predicted molar refractivity (Wildman–Crippen MR) is 110 cm³/mol. The molecule has 1 aromatic carbocycles. The summed E-state index contributed by atoms with van der Waals surface area (Å²) in [6.45, 7) is 0.814. The number of sulfonamides is 1. The van der Waals surface area contributed by atoms with E-state index in [9.17, 15) is 13.2 Å². The van der Waals surface area contributed by atoms with Gasteiger partial charge in [-0.05, 0) is 48.9 Å². The highest BCUT2D eigenvalue weighted by molar-refractivity contribution is 7.89. The largest absolute Gasteiger partial charge is 0.497 e. The van der Waals surface area contributed by atoms with Crippen molar-refractivity contribution in [2.45, 2.75) is 30.2 Å². The Morgan fingerprint density at radius 1 is 1.13 bits per heavy atom. The molecule has 30 heavy (non-hydrogen) atoms. The van der Waals surface area contributed by atoms with Crippen molar-refractivity contribution in [2.75, 3.05) is 27.3 Å². The van der Waals surface area contributed by atoms with Gasteiger partial charge in [-0.25, -0.2) is 8.42 Å². The summed E-state index contributed by atoms with van der Waals surface area (Å²) >= 11 is 0. The second-order valence-electron chi connectivity index (χ2n) is 7.75. The standard InChI is InChI=1S/C21H25N3O5S/c1-28-16-3-4-17(29-2)18(13-16)30(26,27)24-11-7-21(8-12-24)14-19(21)23-20(25)15-5-9-22-10-6-15/h3-6,9-10,13,19H,7-8,11-12,14H2,1-2H3,(H,23,25). The number of nitrogens with zero attached hydrogens (tertiary/aromatic N) is 2. The molecular formula is C21H25N3O5S. The van der Waals surface area contributed by atoms with Crippen LogP contribution in [0.2, 0.25) is 0 Å². The third-order valence-electron chi connectivity index (χ3n) is 6.14. The van der Waals surface area contributed by atoms with Crippen LogP contribution in [0.25, 0.3) is 0 Å². The molecule has 2 aromatic rings. The van der Waals surface area contributed by atoms with E-state index in [-0.39, 0.29) is 22.3 Å². The van der Waals surface area contributed by atoms with E-state index in [1.807, 2.05) is 0 Å². The van der Waals surface area contributed by atoms with E-state index in [4.69, 9.17) is 9.47 Å². The number of hydrogen-bond donors (Lipinski definition) is 1. The summed E-state index contributed by atoms with van der Waals surface area (Å²) in [5.74, 6) is 0.643. The molecule has 1 saturated carbocycles. The number of amides is 1. The molecule has 1 saturated heterocycles. The van der Waals surface area contributed by atoms with E-state index < -0.39 is 10.0 Å². The molecule has 4 rings (SSSR count). The Morgan fingerprint density at radius 3 is 2.47 bits per heavy atom. The Hall–Kier alpha value is -2.65. The molecular weight excluding hydrogens is 406 g/mol. The fourth-order valence-electron chi connectivity index (χ4n) is 4.15. The van der Waals surface area contributed by atoms with Crippen LogP contribution in [0.3, 0.4) is 0 Å². The minimum absolute atomic E-state index is 0.0207. The number of nitrogens with one attached hydrogen (secondary N) is 1. The smallest absolute Gasteiger partial charge is 0.251 e. The van der Waals surface area contributed by atoms with Crippen molar-refractivity contribution in [2.24, 2.45) is 5.41 Å². The van der Waals surface area contributed by atoms with Crippen molar-refractivity contribution in [1.82, 2.24) is 14.6 Å². The lowest BCUT2D eigenvalue weighted by molar-refractivity contribution is 0.0940. The first kappa shape index (κ1) is 20.6. The molecule has 1 aliphatic carbocycles. The van der Waals surface area contributed by atoms with Gasteiger partial charge in [0.1, 0.15) is 16.4 Å². The molecule has 2 heterocycles. The Balaban J connectivity index is 1.42. The number of ether oxygens (including phenoxy) is 2. The number of carbonyl (C=O) groups excluding carboxylic acids is 1. The number of pyridine rings is 1. The molecule has 1 atom stereocenters. The van der Waals surface area contributed by atoms with Gasteiger partial charge in [-0.3, -0.25) is 9.78 Å². The maximum Gasteiger partial charge on any atom is 0.251 e. The Morgan fingerprint density at radius 2 is 1.83 bits per heavy atom. The van der Waals surface area contributed by atoms with Crippen LogP contribution in [0, 0.1) is 5.41 Å². The zero-order chi connectivity index (χ0) is 21.4. The zero-order valence-electron chi connectivity index (χ0n) is 17.0. The van der Waals surface area contributed by atoms with Gasteiger partial charge < -0.3 is 14.8 Å². The SMILES string of the molecule is COc1ccc(OC)c(S(=O)(=O)N2CCC3(CC2)CC3NC(=O)c2ccncc2)c1. The number of hydrogen-bond acceptors (Lipinski definition) is 6. The lowest BCUT2D eigenvalue weighted by Crippen LogP contribution is -2.41. The molecule has 1 amide bonds. The summed E-state index contributed by atoms with van der Waals surface area (Å²) in [5.41, 5.74) is 0.560. The van der Waals surface area contributed by atoms with Gasteiger partial charge in [-0.2, -0.15) is 4.31 Å². The second-order valence-corrected chi connectivity index (χ2v) is 9.66. The molecule has 2 fully saturated rings. The van der Waals surface area contributed by atoms with E-state index in [2.05, 4.69) is 10.3 Å². The first-order chi connectivity index (χ1) is 14.4. The molecule has 1 aliphatic heterocycles. The van der Waals surface area contributed by atoms with Crippen LogP contribution < -0.4 is 14.8 Å². The third-order valence-corrected chi connectivity index (χ3v) is 8.06. The van der Waals surface area contributed by atoms with Crippen LogP contribution in [0.4, 0.5) is 0 Å². The summed E-state index contributed by atoms with van der Waals surface area (Å²) < 4.78 is 38.4. The first-order valence-corrected chi connectivity index (χ1v) is 11.3. The highest BCUT2D eigenvalue weighted by atomic mass is 32.2. The highest BCUT2D eigenvalue weighted by Crippen LogP contribution is 2.54. The lowest BCUT2D eigenvalue weighted by Gasteiger charge is -2.32. The van der Waals surface area contributed by atoms with E-state index in [0.29, 0.717) is 43.0 Å². The Kier molecular flexibility index (Phi) is 5.42. The van der Waals surface area contributed by atoms with Crippen molar-refractivity contribution < 1.29 is 22.7 Å². The monoisotopic (exact) mass is 431 g/mol. The van der Waals surface area contributed by atoms with Gasteiger partial charge in [0.05, 0.1) is 14.2 Å². The fourth-order valence-corrected chi connectivity index (χ4v) is 5.76. The van der Waals surface area contributed by atoms with E-state index in [1.165, 1.54) is 24.6 Å². The van der Waals surface area contributed by atoms with Crippen molar-refractivity contribution >= 4 is 15.9 Å². The molecule has 1 N–H and O–H groups in total. The molecule has 2 aliphatic rings. The van der Waals surface area contributed by atoms with Gasteiger partial charge >= 0.3 is 0 Å². The summed E-state index contributed by atoms with van der Waals surface area (Å²) in [5, 5.41) is 3.08. The van der Waals surface area contributed by atoms with Gasteiger partial charge in [-0.15, -0.1) is 0 Å². The molecule has 160 valence electrons. The summed E-state index contributed by atoms with van der Waals surface area (Å²) in [7, 11) is -0.762. The van der Waals surface area contributed by atoms with Crippen LogP contribution in [0.15, 0.2) is 47.6 Å². The molecule has 1 unspecified atom stereocenters. The molecule has 1 spiro atoms. The topological polar surface area (TPSA) is 97.8 Å². The quantitative estimate of drug-likeness (QED) is 0.752. The first-order valence-electron chi connectivity index (χ1n) is 9.83. The molecule has 0 bridgehead atoms. The Labute approximate surface area is 176 Å². The average Bonchev–Trinajstić information content (AvgIpc) is 3.44. The normalized spacial score (nSPS) is 20.5. The van der Waals surface area contributed by atoms with Crippen molar-refractivity contribution in [3.63, 3.8) is 0 Å². The summed E-state index contributed by atoms with van der Waals surface area (Å²) in [6.07, 6.45) is 5.47. The summed E-state index contributed by atoms with van der Waals surface area (Å²) in [6, 6.07) is 8.20. The predicted octanol–water partition coefficient (Wildman–Crippen LogP) is 2.07. The minimum atomic E-state index is -3.71. The van der Waals surface area contributed by atoms with Crippen LogP contribution in [0.5, 0.6) is 11.5 Å². The molecule has 8 nitrogen and oxygen atoms in total. The van der Waals surface area contributed by atoms with Crippen LogP contribution in [0.1, 0.15) is 29.6 Å². The minimum Gasteiger partial charge on any atom is -0.497 e. The van der Waals surface area contributed by atoms with Crippen LogP contribution in [-0.4, -0.2) is 57.0 Å². The Bertz CT molecular complexity index is 1030. The highest BCUT2D eigenvalue weighted by Gasteiger charge is 2.56. The average molecular weight is 432 g/mol. The number of rotatable bonds is 6. The number of carbonyl (C=O) groups is 1. The number of benzene rings is 1. The third kappa shape index (κ3) is 3.75. The second kappa shape index (κ2) is 7.88. The lowest BCUT2D eigenvalue weighted by atomic mass is 9.94. The van der Waals surface area contributed by atoms with Crippen molar-refractivity contribution in [3.8, 4) is 11.5 Å². The number of piperidine rings is 1.